The first kappa shape index (κ1) is 13.8. The highest BCUT2D eigenvalue weighted by Crippen LogP contribution is 2.41. The number of piperidine rings is 1. The van der Waals surface area contributed by atoms with Crippen LogP contribution in [0.15, 0.2) is 6.07 Å². The smallest absolute Gasteiger partial charge is 0.107 e. The van der Waals surface area contributed by atoms with Crippen molar-refractivity contribution >= 4 is 22.9 Å². The van der Waals surface area contributed by atoms with Crippen molar-refractivity contribution in [3.8, 4) is 0 Å². The lowest BCUT2D eigenvalue weighted by Gasteiger charge is -2.40. The summed E-state index contributed by atoms with van der Waals surface area (Å²) in [5, 5.41) is 9.95. The van der Waals surface area contributed by atoms with E-state index in [2.05, 4.69) is 16.0 Å². The lowest BCUT2D eigenvalue weighted by atomic mass is 9.97. The molecule has 108 valence electrons. The van der Waals surface area contributed by atoms with Crippen LogP contribution in [0.3, 0.4) is 0 Å². The van der Waals surface area contributed by atoms with Crippen molar-refractivity contribution in [1.29, 1.82) is 0 Å². The number of aliphatic hydroxyl groups is 1. The van der Waals surface area contributed by atoms with Crippen LogP contribution in [0, 0.1) is 13.8 Å². The number of thiocarbonyl (C=S) groups is 1. The Kier molecular flexibility index (Phi) is 3.42. The van der Waals surface area contributed by atoms with Gasteiger partial charge in [0, 0.05) is 23.5 Å². The van der Waals surface area contributed by atoms with Crippen LogP contribution in [0.1, 0.15) is 42.6 Å². The van der Waals surface area contributed by atoms with Gasteiger partial charge in [0.05, 0.1) is 17.4 Å². The second-order valence-corrected chi connectivity index (χ2v) is 6.46. The van der Waals surface area contributed by atoms with Crippen LogP contribution in [0.25, 0.3) is 0 Å². The van der Waals surface area contributed by atoms with Gasteiger partial charge in [-0.1, -0.05) is 12.2 Å². The minimum atomic E-state index is -0.166. The van der Waals surface area contributed by atoms with Crippen molar-refractivity contribution in [1.82, 2.24) is 4.98 Å². The quantitative estimate of drug-likeness (QED) is 0.814. The second kappa shape index (κ2) is 4.97. The summed E-state index contributed by atoms with van der Waals surface area (Å²) >= 11 is 5.23. The van der Waals surface area contributed by atoms with E-state index < -0.39 is 0 Å². The van der Waals surface area contributed by atoms with E-state index in [1.807, 2.05) is 13.8 Å². The van der Waals surface area contributed by atoms with Gasteiger partial charge in [0.2, 0.25) is 0 Å². The standard InChI is InChI=1S/C15H21N3OS/c1-8-5-13(14(15(16)20)9(2)17-8)18-10-3-4-11(18)7-12(19)6-10/h5,10-12,19H,3-4,6-7H2,1-2H3,(H2,16,20). The second-order valence-electron chi connectivity index (χ2n) is 6.02. The van der Waals surface area contributed by atoms with Gasteiger partial charge in [0.25, 0.3) is 0 Å². The van der Waals surface area contributed by atoms with Crippen LogP contribution in [0.5, 0.6) is 0 Å². The fourth-order valence-corrected chi connectivity index (χ4v) is 4.11. The number of nitrogens with zero attached hydrogens (tertiary/aromatic N) is 2. The van der Waals surface area contributed by atoms with Gasteiger partial charge in [-0.2, -0.15) is 0 Å². The molecule has 1 aromatic rings. The van der Waals surface area contributed by atoms with Gasteiger partial charge in [-0.25, -0.2) is 0 Å². The van der Waals surface area contributed by atoms with Crippen LogP contribution >= 0.6 is 12.2 Å². The highest BCUT2D eigenvalue weighted by Gasteiger charge is 2.41. The summed E-state index contributed by atoms with van der Waals surface area (Å²) in [6.07, 6.45) is 3.79. The molecule has 1 aromatic heterocycles. The lowest BCUT2D eigenvalue weighted by Crippen LogP contribution is -2.45. The number of hydrogen-bond donors (Lipinski definition) is 2. The molecule has 2 fully saturated rings. The third-order valence-electron chi connectivity index (χ3n) is 4.54. The molecule has 0 aromatic carbocycles. The minimum absolute atomic E-state index is 0.166. The van der Waals surface area contributed by atoms with Crippen LogP contribution in [0.4, 0.5) is 5.69 Å². The van der Waals surface area contributed by atoms with Gasteiger partial charge < -0.3 is 15.7 Å². The topological polar surface area (TPSA) is 62.4 Å². The van der Waals surface area contributed by atoms with E-state index >= 15 is 0 Å². The Morgan fingerprint density at radius 2 is 1.95 bits per heavy atom. The molecule has 2 saturated heterocycles. The molecule has 3 N–H and O–H groups in total. The summed E-state index contributed by atoms with van der Waals surface area (Å²) in [5.41, 5.74) is 9.83. The Hall–Kier alpha value is -1.20. The number of pyridine rings is 1. The molecule has 0 saturated carbocycles. The lowest BCUT2D eigenvalue weighted by molar-refractivity contribution is 0.126. The molecule has 3 rings (SSSR count). The maximum absolute atomic E-state index is 9.95. The van der Waals surface area contributed by atoms with Crippen LogP contribution in [-0.4, -0.2) is 33.3 Å². The molecule has 3 heterocycles. The number of aliphatic hydroxyl groups excluding tert-OH is 1. The molecular weight excluding hydrogens is 270 g/mol. The van der Waals surface area contributed by atoms with E-state index in [-0.39, 0.29) is 6.10 Å². The number of rotatable bonds is 2. The molecule has 0 aliphatic carbocycles. The molecule has 0 radical (unpaired) electrons. The summed E-state index contributed by atoms with van der Waals surface area (Å²) in [6, 6.07) is 2.89. The number of aryl methyl sites for hydroxylation is 2. The predicted octanol–water partition coefficient (Wildman–Crippen LogP) is 1.82. The average molecular weight is 291 g/mol. The Bertz CT molecular complexity index is 546. The summed E-state index contributed by atoms with van der Waals surface area (Å²) in [4.78, 5) is 7.34. The van der Waals surface area contributed by atoms with Crippen LogP contribution < -0.4 is 10.6 Å². The van der Waals surface area contributed by atoms with E-state index in [9.17, 15) is 5.11 Å². The minimum Gasteiger partial charge on any atom is -0.393 e. The number of hydrogen-bond acceptors (Lipinski definition) is 4. The van der Waals surface area contributed by atoms with Crippen molar-refractivity contribution < 1.29 is 5.11 Å². The maximum atomic E-state index is 9.95. The summed E-state index contributed by atoms with van der Waals surface area (Å²) in [5.74, 6) is 0. The van der Waals surface area contributed by atoms with E-state index in [4.69, 9.17) is 18.0 Å². The van der Waals surface area contributed by atoms with Gasteiger partial charge in [-0.3, -0.25) is 4.98 Å². The van der Waals surface area contributed by atoms with E-state index in [0.717, 1.165) is 48.3 Å². The summed E-state index contributed by atoms with van der Waals surface area (Å²) in [7, 11) is 0. The maximum Gasteiger partial charge on any atom is 0.107 e. The van der Waals surface area contributed by atoms with Gasteiger partial charge in [0.1, 0.15) is 4.99 Å². The monoisotopic (exact) mass is 291 g/mol. The molecule has 2 aliphatic rings. The first-order chi connectivity index (χ1) is 9.47. The molecule has 2 atom stereocenters. The number of anilines is 1. The first-order valence-corrected chi connectivity index (χ1v) is 7.62. The molecule has 20 heavy (non-hydrogen) atoms. The first-order valence-electron chi connectivity index (χ1n) is 7.22. The SMILES string of the molecule is Cc1cc(N2C3CCC2CC(O)C3)c(C(N)=S)c(C)n1. The predicted molar refractivity (Wildman–Crippen MR) is 84.1 cm³/mol. The zero-order valence-corrected chi connectivity index (χ0v) is 12.8. The molecule has 0 amide bonds. The average Bonchev–Trinajstić information content (AvgIpc) is 2.60. The normalized spacial score (nSPS) is 28.8. The fourth-order valence-electron chi connectivity index (χ4n) is 3.86. The third kappa shape index (κ3) is 2.19. The van der Waals surface area contributed by atoms with Crippen molar-refractivity contribution in [2.75, 3.05) is 4.90 Å². The van der Waals surface area contributed by atoms with Crippen molar-refractivity contribution in [2.24, 2.45) is 5.73 Å². The van der Waals surface area contributed by atoms with Crippen molar-refractivity contribution in [3.63, 3.8) is 0 Å². The number of aromatic nitrogens is 1. The van der Waals surface area contributed by atoms with Gasteiger partial charge >= 0.3 is 0 Å². The zero-order chi connectivity index (χ0) is 14.4. The number of fused-ring (bicyclic) bond motifs is 2. The third-order valence-corrected chi connectivity index (χ3v) is 4.74. The molecule has 2 aliphatic heterocycles. The molecule has 5 heteroatoms. The van der Waals surface area contributed by atoms with Crippen LogP contribution in [-0.2, 0) is 0 Å². The summed E-state index contributed by atoms with van der Waals surface area (Å²) < 4.78 is 0. The van der Waals surface area contributed by atoms with E-state index in [1.54, 1.807) is 0 Å². The zero-order valence-electron chi connectivity index (χ0n) is 12.0. The molecule has 4 nitrogen and oxygen atoms in total. The Morgan fingerprint density at radius 1 is 1.35 bits per heavy atom. The molecular formula is C15H21N3OS. The van der Waals surface area contributed by atoms with Gasteiger partial charge in [-0.15, -0.1) is 0 Å². The highest BCUT2D eigenvalue weighted by atomic mass is 32.1. The largest absolute Gasteiger partial charge is 0.393 e. The fraction of sp³-hybridized carbons (Fsp3) is 0.600. The van der Waals surface area contributed by atoms with Crippen molar-refractivity contribution in [3.05, 3.63) is 23.0 Å². The highest BCUT2D eigenvalue weighted by molar-refractivity contribution is 7.80. The Balaban J connectivity index is 2.08. The molecule has 2 unspecified atom stereocenters. The van der Waals surface area contributed by atoms with Gasteiger partial charge in [-0.05, 0) is 45.6 Å². The Morgan fingerprint density at radius 3 is 2.50 bits per heavy atom. The molecule has 0 spiro atoms. The van der Waals surface area contributed by atoms with Crippen molar-refractivity contribution in [2.45, 2.75) is 57.7 Å². The van der Waals surface area contributed by atoms with Crippen LogP contribution in [0.2, 0.25) is 0 Å². The molecule has 2 bridgehead atoms. The number of nitrogens with two attached hydrogens (primary N) is 1. The van der Waals surface area contributed by atoms with E-state index in [0.29, 0.717) is 17.1 Å². The van der Waals surface area contributed by atoms with Gasteiger partial charge in [0.15, 0.2) is 0 Å². The summed E-state index contributed by atoms with van der Waals surface area (Å²) in [6.45, 7) is 3.96. The Labute approximate surface area is 125 Å². The van der Waals surface area contributed by atoms with E-state index in [1.165, 1.54) is 0 Å².